The highest BCUT2D eigenvalue weighted by Crippen LogP contribution is 2.36. The van der Waals surface area contributed by atoms with Crippen LogP contribution < -0.4 is 5.73 Å². The summed E-state index contributed by atoms with van der Waals surface area (Å²) >= 11 is 1.88. The molecule has 88 valence electrons. The predicted octanol–water partition coefficient (Wildman–Crippen LogP) is 3.34. The summed E-state index contributed by atoms with van der Waals surface area (Å²) < 4.78 is 13.9. The Balaban J connectivity index is 2.31. The van der Waals surface area contributed by atoms with Crippen molar-refractivity contribution in [2.24, 2.45) is 5.73 Å². The van der Waals surface area contributed by atoms with Gasteiger partial charge in [0.25, 0.3) is 0 Å². The molecule has 1 nitrogen and oxygen atoms in total. The maximum absolute atomic E-state index is 13.9. The molecule has 2 unspecified atom stereocenters. The lowest BCUT2D eigenvalue weighted by molar-refractivity contribution is 0.561. The van der Waals surface area contributed by atoms with Crippen molar-refractivity contribution in [1.29, 1.82) is 0 Å². The predicted molar refractivity (Wildman–Crippen MR) is 68.3 cm³/mol. The van der Waals surface area contributed by atoms with Gasteiger partial charge in [-0.2, -0.15) is 11.8 Å². The lowest BCUT2D eigenvalue weighted by atomic mass is 9.95. The molecule has 2 atom stereocenters. The van der Waals surface area contributed by atoms with Crippen LogP contribution in [0, 0.1) is 19.7 Å². The first-order valence-electron chi connectivity index (χ1n) is 5.73. The van der Waals surface area contributed by atoms with Crippen molar-refractivity contribution >= 4 is 11.8 Å². The van der Waals surface area contributed by atoms with E-state index in [1.807, 2.05) is 31.7 Å². The number of hydrogen-bond acceptors (Lipinski definition) is 2. The van der Waals surface area contributed by atoms with Crippen LogP contribution in [-0.4, -0.2) is 11.0 Å². The second-order valence-corrected chi connectivity index (χ2v) is 5.90. The van der Waals surface area contributed by atoms with E-state index in [1.165, 1.54) is 6.42 Å². The SMILES string of the molecule is Cc1cc(C)c(C(N)C2CCCS2)c(F)c1. The van der Waals surface area contributed by atoms with E-state index in [0.29, 0.717) is 10.8 Å². The Morgan fingerprint density at radius 1 is 1.44 bits per heavy atom. The van der Waals surface area contributed by atoms with Crippen molar-refractivity contribution < 1.29 is 4.39 Å². The normalized spacial score (nSPS) is 22.4. The number of rotatable bonds is 2. The van der Waals surface area contributed by atoms with Crippen LogP contribution in [0.15, 0.2) is 12.1 Å². The van der Waals surface area contributed by atoms with Crippen molar-refractivity contribution in [3.05, 3.63) is 34.6 Å². The first-order chi connectivity index (χ1) is 7.59. The van der Waals surface area contributed by atoms with Gasteiger partial charge in [0, 0.05) is 16.9 Å². The van der Waals surface area contributed by atoms with Gasteiger partial charge in [-0.1, -0.05) is 6.07 Å². The summed E-state index contributed by atoms with van der Waals surface area (Å²) in [5.74, 6) is 1.02. The molecule has 1 aliphatic heterocycles. The zero-order valence-corrected chi connectivity index (χ0v) is 10.6. The largest absolute Gasteiger partial charge is 0.323 e. The van der Waals surface area contributed by atoms with E-state index in [4.69, 9.17) is 5.73 Å². The number of hydrogen-bond donors (Lipinski definition) is 1. The van der Waals surface area contributed by atoms with Crippen molar-refractivity contribution in [3.63, 3.8) is 0 Å². The van der Waals surface area contributed by atoms with Crippen molar-refractivity contribution in [1.82, 2.24) is 0 Å². The third-order valence-corrected chi connectivity index (χ3v) is 4.66. The number of aryl methyl sites for hydroxylation is 2. The third-order valence-electron chi connectivity index (χ3n) is 3.18. The Morgan fingerprint density at radius 2 is 2.19 bits per heavy atom. The van der Waals surface area contributed by atoms with Gasteiger partial charge in [0.15, 0.2) is 0 Å². The second kappa shape index (κ2) is 4.76. The minimum absolute atomic E-state index is 0.141. The number of benzene rings is 1. The highest BCUT2D eigenvalue weighted by molar-refractivity contribution is 8.00. The molecule has 1 saturated heterocycles. The average Bonchev–Trinajstić information content (AvgIpc) is 2.67. The third kappa shape index (κ3) is 2.25. The van der Waals surface area contributed by atoms with E-state index in [1.54, 1.807) is 6.07 Å². The fourth-order valence-corrected chi connectivity index (χ4v) is 3.73. The van der Waals surface area contributed by atoms with Crippen LogP contribution in [0.5, 0.6) is 0 Å². The van der Waals surface area contributed by atoms with Gasteiger partial charge < -0.3 is 5.73 Å². The topological polar surface area (TPSA) is 26.0 Å². The first kappa shape index (κ1) is 11.9. The van der Waals surface area contributed by atoms with Crippen LogP contribution in [-0.2, 0) is 0 Å². The Kier molecular flexibility index (Phi) is 3.55. The molecule has 1 heterocycles. The lowest BCUT2D eigenvalue weighted by Gasteiger charge is -2.21. The molecule has 2 rings (SSSR count). The van der Waals surface area contributed by atoms with Gasteiger partial charge in [-0.05, 0) is 49.6 Å². The highest BCUT2D eigenvalue weighted by Gasteiger charge is 2.27. The molecule has 16 heavy (non-hydrogen) atoms. The van der Waals surface area contributed by atoms with Gasteiger partial charge in [0.05, 0.1) is 0 Å². The lowest BCUT2D eigenvalue weighted by Crippen LogP contribution is -2.24. The van der Waals surface area contributed by atoms with E-state index >= 15 is 0 Å². The van der Waals surface area contributed by atoms with Crippen molar-refractivity contribution in [3.8, 4) is 0 Å². The number of halogens is 1. The fraction of sp³-hybridized carbons (Fsp3) is 0.538. The molecule has 3 heteroatoms. The Morgan fingerprint density at radius 3 is 2.75 bits per heavy atom. The van der Waals surface area contributed by atoms with Crippen LogP contribution >= 0.6 is 11.8 Å². The molecule has 0 aromatic heterocycles. The molecule has 0 radical (unpaired) electrons. The summed E-state index contributed by atoms with van der Waals surface area (Å²) in [7, 11) is 0. The molecule has 0 bridgehead atoms. The van der Waals surface area contributed by atoms with E-state index < -0.39 is 0 Å². The quantitative estimate of drug-likeness (QED) is 0.856. The maximum Gasteiger partial charge on any atom is 0.128 e. The molecular weight excluding hydrogens is 221 g/mol. The van der Waals surface area contributed by atoms with E-state index in [2.05, 4.69) is 0 Å². The molecular formula is C13H18FNS. The Hall–Kier alpha value is -0.540. The zero-order chi connectivity index (χ0) is 11.7. The van der Waals surface area contributed by atoms with Crippen LogP contribution in [0.2, 0.25) is 0 Å². The molecule has 0 amide bonds. The molecule has 0 aliphatic carbocycles. The highest BCUT2D eigenvalue weighted by atomic mass is 32.2. The second-order valence-electron chi connectivity index (χ2n) is 4.55. The van der Waals surface area contributed by atoms with E-state index in [-0.39, 0.29) is 11.9 Å². The molecule has 0 spiro atoms. The van der Waals surface area contributed by atoms with Crippen LogP contribution in [0.1, 0.15) is 35.6 Å². The Bertz CT molecular complexity index is 363. The fourth-order valence-electron chi connectivity index (χ4n) is 2.42. The summed E-state index contributed by atoms with van der Waals surface area (Å²) in [6.45, 7) is 3.86. The van der Waals surface area contributed by atoms with E-state index in [0.717, 1.165) is 23.3 Å². The molecule has 2 N–H and O–H groups in total. The molecule has 1 aromatic rings. The summed E-state index contributed by atoms with van der Waals surface area (Å²) in [5, 5.41) is 0.385. The number of nitrogens with two attached hydrogens (primary N) is 1. The Labute approximate surface area is 101 Å². The molecule has 1 aromatic carbocycles. The van der Waals surface area contributed by atoms with Gasteiger partial charge in [-0.3, -0.25) is 0 Å². The van der Waals surface area contributed by atoms with Gasteiger partial charge in [-0.15, -0.1) is 0 Å². The van der Waals surface area contributed by atoms with Crippen LogP contribution in [0.25, 0.3) is 0 Å². The maximum atomic E-state index is 13.9. The molecule has 1 fully saturated rings. The summed E-state index contributed by atoms with van der Waals surface area (Å²) in [4.78, 5) is 0. The van der Waals surface area contributed by atoms with Crippen LogP contribution in [0.3, 0.4) is 0 Å². The smallest absolute Gasteiger partial charge is 0.128 e. The van der Waals surface area contributed by atoms with Gasteiger partial charge in [-0.25, -0.2) is 4.39 Å². The summed E-state index contributed by atoms with van der Waals surface area (Å²) in [6, 6.07) is 3.44. The standard InChI is InChI=1S/C13H18FNS/c1-8-6-9(2)12(10(14)7-8)13(15)11-4-3-5-16-11/h6-7,11,13H,3-5,15H2,1-2H3. The minimum Gasteiger partial charge on any atom is -0.323 e. The molecule has 1 aliphatic rings. The van der Waals surface area contributed by atoms with Crippen molar-refractivity contribution in [2.45, 2.75) is 38.0 Å². The molecule has 0 saturated carbocycles. The minimum atomic E-state index is -0.159. The van der Waals surface area contributed by atoms with Gasteiger partial charge >= 0.3 is 0 Å². The summed E-state index contributed by atoms with van der Waals surface area (Å²) in [6.07, 6.45) is 2.31. The monoisotopic (exact) mass is 239 g/mol. The summed E-state index contributed by atoms with van der Waals surface area (Å²) in [5.41, 5.74) is 8.85. The van der Waals surface area contributed by atoms with Gasteiger partial charge in [0.2, 0.25) is 0 Å². The van der Waals surface area contributed by atoms with Gasteiger partial charge in [0.1, 0.15) is 5.82 Å². The average molecular weight is 239 g/mol. The van der Waals surface area contributed by atoms with E-state index in [9.17, 15) is 4.39 Å². The first-order valence-corrected chi connectivity index (χ1v) is 6.78. The zero-order valence-electron chi connectivity index (χ0n) is 9.79. The van der Waals surface area contributed by atoms with Crippen LogP contribution in [0.4, 0.5) is 4.39 Å². The van der Waals surface area contributed by atoms with Crippen molar-refractivity contribution in [2.75, 3.05) is 5.75 Å². The number of thioether (sulfide) groups is 1.